The Bertz CT molecular complexity index is 427. The topological polar surface area (TPSA) is 80.0 Å². The van der Waals surface area contributed by atoms with Crippen LogP contribution in [0.1, 0.15) is 43.8 Å². The molecule has 0 aliphatic heterocycles. The second kappa shape index (κ2) is 4.01. The molecule has 3 rings (SSSR count). The lowest BCUT2D eigenvalue weighted by Gasteiger charge is -2.03. The van der Waals surface area contributed by atoms with Gasteiger partial charge in [-0.15, -0.1) is 0 Å². The first-order valence-electron chi connectivity index (χ1n) is 6.09. The highest BCUT2D eigenvalue weighted by molar-refractivity contribution is 5.74. The molecule has 1 aromatic heterocycles. The van der Waals surface area contributed by atoms with E-state index in [2.05, 4.69) is 27.7 Å². The van der Waals surface area contributed by atoms with Crippen molar-refractivity contribution < 1.29 is 9.32 Å². The lowest BCUT2D eigenvalue weighted by Crippen LogP contribution is -2.37. The van der Waals surface area contributed by atoms with Crippen molar-refractivity contribution in [1.82, 2.24) is 20.8 Å². The summed E-state index contributed by atoms with van der Waals surface area (Å²) in [5.41, 5.74) is 0. The Labute approximate surface area is 99.2 Å². The number of nitrogens with zero attached hydrogens (tertiary/aromatic N) is 2. The van der Waals surface area contributed by atoms with Gasteiger partial charge < -0.3 is 15.2 Å². The Morgan fingerprint density at radius 1 is 1.53 bits per heavy atom. The largest absolute Gasteiger partial charge is 0.339 e. The number of urea groups is 1. The van der Waals surface area contributed by atoms with E-state index in [4.69, 9.17) is 4.52 Å². The van der Waals surface area contributed by atoms with Crippen LogP contribution < -0.4 is 10.6 Å². The molecule has 2 aliphatic carbocycles. The minimum absolute atomic E-state index is 0.155. The molecule has 2 aliphatic rings. The lowest BCUT2D eigenvalue weighted by atomic mass is 10.4. The number of amides is 2. The molecule has 0 bridgehead atoms. The first-order chi connectivity index (χ1) is 8.22. The van der Waals surface area contributed by atoms with Crippen LogP contribution in [-0.4, -0.2) is 22.2 Å². The van der Waals surface area contributed by atoms with E-state index in [0.29, 0.717) is 36.1 Å². The van der Waals surface area contributed by atoms with Crippen LogP contribution >= 0.6 is 0 Å². The molecule has 1 heterocycles. The van der Waals surface area contributed by atoms with Gasteiger partial charge in [0, 0.05) is 12.0 Å². The molecule has 6 heteroatoms. The van der Waals surface area contributed by atoms with Gasteiger partial charge in [-0.05, 0) is 25.2 Å². The molecule has 17 heavy (non-hydrogen) atoms. The van der Waals surface area contributed by atoms with Crippen LogP contribution in [0.25, 0.3) is 0 Å². The van der Waals surface area contributed by atoms with Crippen molar-refractivity contribution in [3.05, 3.63) is 11.7 Å². The molecule has 0 saturated heterocycles. The highest BCUT2D eigenvalue weighted by atomic mass is 16.5. The lowest BCUT2D eigenvalue weighted by molar-refractivity contribution is 0.239. The zero-order valence-electron chi connectivity index (χ0n) is 9.77. The van der Waals surface area contributed by atoms with Crippen LogP contribution in [-0.2, 0) is 6.54 Å². The third kappa shape index (κ3) is 2.57. The highest BCUT2D eigenvalue weighted by Crippen LogP contribution is 2.38. The van der Waals surface area contributed by atoms with E-state index in [1.165, 1.54) is 0 Å². The number of nitrogens with one attached hydrogen (secondary N) is 2. The van der Waals surface area contributed by atoms with E-state index in [9.17, 15) is 4.79 Å². The van der Waals surface area contributed by atoms with Gasteiger partial charge in [-0.3, -0.25) is 0 Å². The van der Waals surface area contributed by atoms with Gasteiger partial charge in [0.2, 0.25) is 5.89 Å². The van der Waals surface area contributed by atoms with Gasteiger partial charge in [-0.1, -0.05) is 12.1 Å². The maximum absolute atomic E-state index is 11.5. The Morgan fingerprint density at radius 2 is 2.29 bits per heavy atom. The van der Waals surface area contributed by atoms with E-state index < -0.39 is 0 Å². The summed E-state index contributed by atoms with van der Waals surface area (Å²) in [6, 6.07) is 0.180. The Hall–Kier alpha value is -1.59. The molecule has 2 atom stereocenters. The van der Waals surface area contributed by atoms with E-state index in [1.807, 2.05) is 0 Å². The second-order valence-electron chi connectivity index (χ2n) is 4.97. The number of hydrogen-bond donors (Lipinski definition) is 2. The van der Waals surface area contributed by atoms with Crippen molar-refractivity contribution in [2.45, 2.75) is 44.7 Å². The molecule has 0 spiro atoms. The standard InChI is InChI=1S/C11H16N4O2/c1-6-4-8(6)13-11(16)12-5-9-14-10(17-15-9)7-2-3-7/h6-8H,2-5H2,1H3,(H2,12,13,16). The molecule has 6 nitrogen and oxygen atoms in total. The highest BCUT2D eigenvalue weighted by Gasteiger charge is 2.34. The molecular weight excluding hydrogens is 220 g/mol. The van der Waals surface area contributed by atoms with Crippen LogP contribution in [0, 0.1) is 5.92 Å². The van der Waals surface area contributed by atoms with Crippen LogP contribution in [0.3, 0.4) is 0 Å². The molecule has 0 aromatic carbocycles. The third-order valence-electron chi connectivity index (χ3n) is 3.24. The van der Waals surface area contributed by atoms with E-state index in [0.717, 1.165) is 19.3 Å². The van der Waals surface area contributed by atoms with Gasteiger partial charge in [-0.25, -0.2) is 4.79 Å². The van der Waals surface area contributed by atoms with E-state index in [-0.39, 0.29) is 6.03 Å². The molecule has 2 N–H and O–H groups in total. The number of hydrogen-bond acceptors (Lipinski definition) is 4. The van der Waals surface area contributed by atoms with Gasteiger partial charge in [0.15, 0.2) is 5.82 Å². The predicted octanol–water partition coefficient (Wildman–Crippen LogP) is 1.15. The van der Waals surface area contributed by atoms with E-state index in [1.54, 1.807) is 0 Å². The number of carbonyl (C=O) groups excluding carboxylic acids is 1. The maximum atomic E-state index is 11.5. The maximum Gasteiger partial charge on any atom is 0.315 e. The fourth-order valence-corrected chi connectivity index (χ4v) is 1.74. The predicted molar refractivity (Wildman–Crippen MR) is 59.2 cm³/mol. The van der Waals surface area contributed by atoms with Crippen LogP contribution in [0.2, 0.25) is 0 Å². The SMILES string of the molecule is CC1CC1NC(=O)NCc1noc(C2CC2)n1. The zero-order chi connectivity index (χ0) is 11.8. The summed E-state index contributed by atoms with van der Waals surface area (Å²) in [6.45, 7) is 2.44. The van der Waals surface area contributed by atoms with Crippen molar-refractivity contribution in [1.29, 1.82) is 0 Å². The minimum Gasteiger partial charge on any atom is -0.339 e. The summed E-state index contributed by atoms with van der Waals surface area (Å²) in [5, 5.41) is 9.44. The number of aromatic nitrogens is 2. The Morgan fingerprint density at radius 3 is 2.94 bits per heavy atom. The first kappa shape index (κ1) is 10.6. The number of carbonyl (C=O) groups is 1. The number of rotatable bonds is 4. The molecule has 0 radical (unpaired) electrons. The fraction of sp³-hybridized carbons (Fsp3) is 0.727. The van der Waals surface area contributed by atoms with Gasteiger partial charge in [0.1, 0.15) is 0 Å². The normalized spacial score (nSPS) is 26.6. The molecule has 1 aromatic rings. The summed E-state index contributed by atoms with van der Waals surface area (Å²) in [6.07, 6.45) is 3.34. The van der Waals surface area contributed by atoms with Crippen molar-refractivity contribution in [3.63, 3.8) is 0 Å². The van der Waals surface area contributed by atoms with Crippen LogP contribution in [0.15, 0.2) is 4.52 Å². The van der Waals surface area contributed by atoms with Gasteiger partial charge in [0.05, 0.1) is 6.54 Å². The Kier molecular flexibility index (Phi) is 2.49. The first-order valence-corrected chi connectivity index (χ1v) is 6.09. The molecule has 92 valence electrons. The van der Waals surface area contributed by atoms with Gasteiger partial charge >= 0.3 is 6.03 Å². The monoisotopic (exact) mass is 236 g/mol. The second-order valence-corrected chi connectivity index (χ2v) is 4.97. The van der Waals surface area contributed by atoms with E-state index >= 15 is 0 Å². The smallest absolute Gasteiger partial charge is 0.315 e. The fourth-order valence-electron chi connectivity index (χ4n) is 1.74. The summed E-state index contributed by atoms with van der Waals surface area (Å²) in [4.78, 5) is 15.7. The summed E-state index contributed by atoms with van der Waals surface area (Å²) in [7, 11) is 0. The average Bonchev–Trinajstić information content (AvgIpc) is 3.20. The average molecular weight is 236 g/mol. The summed E-state index contributed by atoms with van der Waals surface area (Å²) >= 11 is 0. The van der Waals surface area contributed by atoms with Crippen LogP contribution in [0.4, 0.5) is 4.79 Å². The third-order valence-corrected chi connectivity index (χ3v) is 3.24. The zero-order valence-corrected chi connectivity index (χ0v) is 9.77. The summed E-state index contributed by atoms with van der Waals surface area (Å²) < 4.78 is 5.10. The molecule has 2 fully saturated rings. The van der Waals surface area contributed by atoms with Gasteiger partial charge in [0.25, 0.3) is 0 Å². The Balaban J connectivity index is 1.44. The molecule has 2 saturated carbocycles. The van der Waals surface area contributed by atoms with Gasteiger partial charge in [-0.2, -0.15) is 4.98 Å². The molecule has 2 unspecified atom stereocenters. The van der Waals surface area contributed by atoms with Crippen molar-refractivity contribution in [3.8, 4) is 0 Å². The summed E-state index contributed by atoms with van der Waals surface area (Å²) in [5.74, 6) is 2.31. The van der Waals surface area contributed by atoms with Crippen molar-refractivity contribution in [2.24, 2.45) is 5.92 Å². The van der Waals surface area contributed by atoms with Crippen molar-refractivity contribution in [2.75, 3.05) is 0 Å². The minimum atomic E-state index is -0.155. The molecular formula is C11H16N4O2. The van der Waals surface area contributed by atoms with Crippen LogP contribution in [0.5, 0.6) is 0 Å². The molecule has 2 amide bonds. The van der Waals surface area contributed by atoms with Crippen molar-refractivity contribution >= 4 is 6.03 Å². The quantitative estimate of drug-likeness (QED) is 0.822.